The van der Waals surface area contributed by atoms with Crippen LogP contribution in [0.1, 0.15) is 62.0 Å². The molecule has 0 bridgehead atoms. The van der Waals surface area contributed by atoms with Crippen molar-refractivity contribution in [2.24, 2.45) is 0 Å². The summed E-state index contributed by atoms with van der Waals surface area (Å²) < 4.78 is 0. The molecule has 2 aromatic carbocycles. The molecule has 0 spiro atoms. The molecule has 2 amide bonds. The first kappa shape index (κ1) is 21.8. The van der Waals surface area contributed by atoms with E-state index in [1.807, 2.05) is 85.5 Å². The van der Waals surface area contributed by atoms with Crippen molar-refractivity contribution in [3.8, 4) is 0 Å². The van der Waals surface area contributed by atoms with Gasteiger partial charge >= 0.3 is 0 Å². The Kier molecular flexibility index (Phi) is 6.64. The van der Waals surface area contributed by atoms with Crippen LogP contribution in [0.5, 0.6) is 0 Å². The molecule has 164 valence electrons. The molecule has 5 nitrogen and oxygen atoms in total. The zero-order valence-corrected chi connectivity index (χ0v) is 18.7. The molecule has 1 aliphatic heterocycles. The lowest BCUT2D eigenvalue weighted by Crippen LogP contribution is -2.38. The first-order valence-corrected chi connectivity index (χ1v) is 11.2. The topological polar surface area (TPSA) is 62.3 Å². The highest BCUT2D eigenvalue weighted by Gasteiger charge is 2.28. The average Bonchev–Trinajstić information content (AvgIpc) is 2.83. The Morgan fingerprint density at radius 3 is 2.34 bits per heavy atom. The van der Waals surface area contributed by atoms with Crippen LogP contribution in [0.3, 0.4) is 0 Å². The SMILES string of the molecule is Cc1ccc(C(=O)NCc2ccccc2C)c(C2CCN(C(=O)c3ccccc3)CC2)n1. The van der Waals surface area contributed by atoms with E-state index in [1.165, 1.54) is 0 Å². The number of hydrogen-bond acceptors (Lipinski definition) is 3. The Balaban J connectivity index is 1.45. The largest absolute Gasteiger partial charge is 0.348 e. The molecule has 0 saturated carbocycles. The van der Waals surface area contributed by atoms with Crippen LogP contribution in [0.15, 0.2) is 66.7 Å². The Bertz CT molecular complexity index is 1100. The summed E-state index contributed by atoms with van der Waals surface area (Å²) in [4.78, 5) is 32.5. The maximum absolute atomic E-state index is 13.0. The van der Waals surface area contributed by atoms with Crippen LogP contribution in [0, 0.1) is 13.8 Å². The van der Waals surface area contributed by atoms with Crippen LogP contribution in [0.25, 0.3) is 0 Å². The molecular weight excluding hydrogens is 398 g/mol. The number of likely N-dealkylation sites (tertiary alicyclic amines) is 1. The van der Waals surface area contributed by atoms with Crippen molar-refractivity contribution in [1.82, 2.24) is 15.2 Å². The molecule has 0 unspecified atom stereocenters. The first-order chi connectivity index (χ1) is 15.5. The maximum atomic E-state index is 13.0. The van der Waals surface area contributed by atoms with Gasteiger partial charge in [-0.2, -0.15) is 0 Å². The summed E-state index contributed by atoms with van der Waals surface area (Å²) in [6, 6.07) is 21.2. The van der Waals surface area contributed by atoms with Gasteiger partial charge in [-0.15, -0.1) is 0 Å². The highest BCUT2D eigenvalue weighted by atomic mass is 16.2. The van der Waals surface area contributed by atoms with E-state index in [-0.39, 0.29) is 17.7 Å². The molecule has 2 heterocycles. The number of nitrogens with zero attached hydrogens (tertiary/aromatic N) is 2. The Morgan fingerprint density at radius 1 is 0.938 bits per heavy atom. The second-order valence-electron chi connectivity index (χ2n) is 8.43. The quantitative estimate of drug-likeness (QED) is 0.645. The number of carbonyl (C=O) groups excluding carboxylic acids is 2. The zero-order valence-electron chi connectivity index (χ0n) is 18.7. The molecule has 1 saturated heterocycles. The molecule has 3 aromatic rings. The molecule has 5 heteroatoms. The van der Waals surface area contributed by atoms with Crippen LogP contribution in [0.2, 0.25) is 0 Å². The molecule has 0 aliphatic carbocycles. The summed E-state index contributed by atoms with van der Waals surface area (Å²) in [7, 11) is 0. The van der Waals surface area contributed by atoms with Crippen LogP contribution < -0.4 is 5.32 Å². The summed E-state index contributed by atoms with van der Waals surface area (Å²) >= 11 is 0. The lowest BCUT2D eigenvalue weighted by Gasteiger charge is -2.32. The van der Waals surface area contributed by atoms with Gasteiger partial charge in [0.05, 0.1) is 11.3 Å². The third-order valence-electron chi connectivity index (χ3n) is 6.20. The second kappa shape index (κ2) is 9.77. The summed E-state index contributed by atoms with van der Waals surface area (Å²) in [5.41, 5.74) is 5.37. The van der Waals surface area contributed by atoms with Crippen molar-refractivity contribution in [3.63, 3.8) is 0 Å². The number of amides is 2. The summed E-state index contributed by atoms with van der Waals surface area (Å²) in [5.74, 6) is 0.130. The van der Waals surface area contributed by atoms with Gasteiger partial charge in [0.1, 0.15) is 0 Å². The molecular formula is C27H29N3O2. The number of aromatic nitrogens is 1. The van der Waals surface area contributed by atoms with Crippen molar-refractivity contribution in [1.29, 1.82) is 0 Å². The van der Waals surface area contributed by atoms with E-state index in [9.17, 15) is 9.59 Å². The van der Waals surface area contributed by atoms with E-state index in [2.05, 4.69) is 5.32 Å². The molecule has 32 heavy (non-hydrogen) atoms. The van der Waals surface area contributed by atoms with Crippen LogP contribution in [-0.4, -0.2) is 34.8 Å². The van der Waals surface area contributed by atoms with E-state index >= 15 is 0 Å². The van der Waals surface area contributed by atoms with Gasteiger partial charge in [-0.25, -0.2) is 0 Å². The third-order valence-corrected chi connectivity index (χ3v) is 6.20. The highest BCUT2D eigenvalue weighted by molar-refractivity contribution is 5.95. The van der Waals surface area contributed by atoms with Gasteiger partial charge in [-0.3, -0.25) is 14.6 Å². The fourth-order valence-corrected chi connectivity index (χ4v) is 4.28. The van der Waals surface area contributed by atoms with Gasteiger partial charge in [0, 0.05) is 36.8 Å². The summed E-state index contributed by atoms with van der Waals surface area (Å²) in [6.07, 6.45) is 1.60. The number of rotatable bonds is 5. The Morgan fingerprint density at radius 2 is 1.62 bits per heavy atom. The number of benzene rings is 2. The highest BCUT2D eigenvalue weighted by Crippen LogP contribution is 2.30. The monoisotopic (exact) mass is 427 g/mol. The fourth-order valence-electron chi connectivity index (χ4n) is 4.28. The lowest BCUT2D eigenvalue weighted by molar-refractivity contribution is 0.0710. The molecule has 0 radical (unpaired) electrons. The average molecular weight is 428 g/mol. The van der Waals surface area contributed by atoms with E-state index in [1.54, 1.807) is 0 Å². The van der Waals surface area contributed by atoms with Crippen molar-refractivity contribution in [2.45, 2.75) is 39.2 Å². The lowest BCUT2D eigenvalue weighted by atomic mass is 9.89. The van der Waals surface area contributed by atoms with Crippen molar-refractivity contribution in [3.05, 3.63) is 100 Å². The minimum atomic E-state index is -0.0986. The van der Waals surface area contributed by atoms with Crippen LogP contribution in [-0.2, 0) is 6.54 Å². The van der Waals surface area contributed by atoms with E-state index in [4.69, 9.17) is 4.98 Å². The molecule has 4 rings (SSSR count). The van der Waals surface area contributed by atoms with Crippen molar-refractivity contribution in [2.75, 3.05) is 13.1 Å². The Hall–Kier alpha value is -3.47. The number of pyridine rings is 1. The number of hydrogen-bond donors (Lipinski definition) is 1. The van der Waals surface area contributed by atoms with Crippen LogP contribution in [0.4, 0.5) is 0 Å². The fraction of sp³-hybridized carbons (Fsp3) is 0.296. The Labute approximate surface area is 189 Å². The van der Waals surface area contributed by atoms with Gasteiger partial charge in [-0.05, 0) is 62.1 Å². The van der Waals surface area contributed by atoms with Gasteiger partial charge in [0.25, 0.3) is 11.8 Å². The number of aryl methyl sites for hydroxylation is 2. The third kappa shape index (κ3) is 4.88. The van der Waals surface area contributed by atoms with Gasteiger partial charge in [0.15, 0.2) is 0 Å². The number of carbonyl (C=O) groups is 2. The van der Waals surface area contributed by atoms with Gasteiger partial charge < -0.3 is 10.2 Å². The van der Waals surface area contributed by atoms with Crippen LogP contribution >= 0.6 is 0 Å². The minimum Gasteiger partial charge on any atom is -0.348 e. The van der Waals surface area contributed by atoms with E-state index < -0.39 is 0 Å². The molecule has 1 fully saturated rings. The molecule has 1 N–H and O–H groups in total. The maximum Gasteiger partial charge on any atom is 0.253 e. The molecule has 0 atom stereocenters. The predicted molar refractivity (Wildman–Crippen MR) is 126 cm³/mol. The zero-order chi connectivity index (χ0) is 22.5. The number of nitrogens with one attached hydrogen (secondary N) is 1. The molecule has 1 aromatic heterocycles. The normalized spacial score (nSPS) is 14.2. The number of piperidine rings is 1. The minimum absolute atomic E-state index is 0.0671. The standard InChI is InChI=1S/C27H29N3O2/c1-19-8-6-7-11-23(19)18-28-26(31)24-13-12-20(2)29-25(24)21-14-16-30(17-15-21)27(32)22-9-4-3-5-10-22/h3-13,21H,14-18H2,1-2H3,(H,28,31). The predicted octanol–water partition coefficient (Wildman–Crippen LogP) is 4.65. The summed E-state index contributed by atoms with van der Waals surface area (Å²) in [6.45, 7) is 5.82. The second-order valence-corrected chi connectivity index (χ2v) is 8.43. The van der Waals surface area contributed by atoms with Gasteiger partial charge in [-0.1, -0.05) is 42.5 Å². The summed E-state index contributed by atoms with van der Waals surface area (Å²) in [5, 5.41) is 3.06. The van der Waals surface area contributed by atoms with Gasteiger partial charge in [0.2, 0.25) is 0 Å². The van der Waals surface area contributed by atoms with E-state index in [0.717, 1.165) is 40.9 Å². The first-order valence-electron chi connectivity index (χ1n) is 11.2. The molecule has 1 aliphatic rings. The van der Waals surface area contributed by atoms with E-state index in [0.29, 0.717) is 25.2 Å². The van der Waals surface area contributed by atoms with Crippen molar-refractivity contribution >= 4 is 11.8 Å². The van der Waals surface area contributed by atoms with Crippen molar-refractivity contribution < 1.29 is 9.59 Å². The smallest absolute Gasteiger partial charge is 0.253 e.